The first-order chi connectivity index (χ1) is 11.7. The standard InChI is InChI=1S/C18H34N4O2.HI/c1-4-19-18(20-11-14-21(5-2)16-7-8-16)22-12-9-15(10-13-22)17(23)24-6-3;/h15-16H,4-14H2,1-3H3,(H,19,20);1H. The molecule has 2 rings (SSSR count). The summed E-state index contributed by atoms with van der Waals surface area (Å²) in [5.41, 5.74) is 0. The van der Waals surface area contributed by atoms with Crippen molar-refractivity contribution in [2.45, 2.75) is 52.5 Å². The third-order valence-corrected chi connectivity index (χ3v) is 4.87. The number of nitrogens with one attached hydrogen (secondary N) is 1. The van der Waals surface area contributed by atoms with E-state index in [9.17, 15) is 4.79 Å². The Morgan fingerprint density at radius 3 is 2.40 bits per heavy atom. The van der Waals surface area contributed by atoms with Crippen LogP contribution in [0.1, 0.15) is 46.5 Å². The monoisotopic (exact) mass is 466 g/mol. The molecule has 0 spiro atoms. The number of carbonyl (C=O) groups excluding carboxylic acids is 1. The molecule has 0 aromatic rings. The van der Waals surface area contributed by atoms with Gasteiger partial charge in [-0.25, -0.2) is 0 Å². The smallest absolute Gasteiger partial charge is 0.309 e. The summed E-state index contributed by atoms with van der Waals surface area (Å²) in [6.07, 6.45) is 4.40. The molecule has 1 N–H and O–H groups in total. The molecule has 0 aromatic carbocycles. The van der Waals surface area contributed by atoms with Gasteiger partial charge >= 0.3 is 5.97 Å². The molecule has 0 radical (unpaired) electrons. The summed E-state index contributed by atoms with van der Waals surface area (Å²) < 4.78 is 5.15. The van der Waals surface area contributed by atoms with Crippen LogP contribution < -0.4 is 5.32 Å². The van der Waals surface area contributed by atoms with E-state index in [1.165, 1.54) is 12.8 Å². The molecule has 7 heteroatoms. The molecule has 0 atom stereocenters. The Kier molecular flexibility index (Phi) is 10.7. The second-order valence-electron chi connectivity index (χ2n) is 6.61. The number of likely N-dealkylation sites (N-methyl/N-ethyl adjacent to an activating group) is 1. The minimum atomic E-state index is -0.0397. The number of esters is 1. The van der Waals surface area contributed by atoms with Gasteiger partial charge in [-0.05, 0) is 46.1 Å². The van der Waals surface area contributed by atoms with Crippen molar-refractivity contribution < 1.29 is 9.53 Å². The van der Waals surface area contributed by atoms with Crippen LogP contribution in [0.4, 0.5) is 0 Å². The summed E-state index contributed by atoms with van der Waals surface area (Å²) in [4.78, 5) is 21.5. The van der Waals surface area contributed by atoms with E-state index in [1.807, 2.05) is 6.92 Å². The highest BCUT2D eigenvalue weighted by atomic mass is 127. The molecule has 0 bridgehead atoms. The summed E-state index contributed by atoms with van der Waals surface area (Å²) in [6, 6.07) is 0.799. The number of carbonyl (C=O) groups is 1. The second-order valence-corrected chi connectivity index (χ2v) is 6.61. The number of hydrogen-bond donors (Lipinski definition) is 1. The van der Waals surface area contributed by atoms with Gasteiger partial charge in [0.15, 0.2) is 5.96 Å². The van der Waals surface area contributed by atoms with Crippen LogP contribution in [-0.4, -0.2) is 73.6 Å². The van der Waals surface area contributed by atoms with Crippen molar-refractivity contribution in [2.75, 3.05) is 45.9 Å². The fourth-order valence-electron chi connectivity index (χ4n) is 3.34. The van der Waals surface area contributed by atoms with Crippen LogP contribution in [0.25, 0.3) is 0 Å². The van der Waals surface area contributed by atoms with Crippen LogP contribution >= 0.6 is 24.0 Å². The molecule has 1 aliphatic heterocycles. The van der Waals surface area contributed by atoms with Crippen molar-refractivity contribution in [3.8, 4) is 0 Å². The van der Waals surface area contributed by atoms with Crippen molar-refractivity contribution in [1.82, 2.24) is 15.1 Å². The van der Waals surface area contributed by atoms with Gasteiger partial charge in [-0.1, -0.05) is 6.92 Å². The lowest BCUT2D eigenvalue weighted by atomic mass is 9.97. The fourth-order valence-corrected chi connectivity index (χ4v) is 3.34. The van der Waals surface area contributed by atoms with Gasteiger partial charge in [0.25, 0.3) is 0 Å². The molecular weight excluding hydrogens is 431 g/mol. The first-order valence-electron chi connectivity index (χ1n) is 9.63. The van der Waals surface area contributed by atoms with Gasteiger partial charge in [-0.2, -0.15) is 0 Å². The number of rotatable bonds is 8. The average molecular weight is 466 g/mol. The highest BCUT2D eigenvalue weighted by Crippen LogP contribution is 2.26. The van der Waals surface area contributed by atoms with E-state index in [-0.39, 0.29) is 35.9 Å². The molecule has 2 aliphatic rings. The highest BCUT2D eigenvalue weighted by Gasteiger charge is 2.28. The van der Waals surface area contributed by atoms with Crippen molar-refractivity contribution in [3.63, 3.8) is 0 Å². The Balaban J connectivity index is 0.00000312. The van der Waals surface area contributed by atoms with Crippen molar-refractivity contribution >= 4 is 35.9 Å². The number of hydrogen-bond acceptors (Lipinski definition) is 4. The number of piperidine rings is 1. The molecule has 1 heterocycles. The van der Waals surface area contributed by atoms with E-state index in [0.29, 0.717) is 6.61 Å². The summed E-state index contributed by atoms with van der Waals surface area (Å²) in [5, 5.41) is 3.40. The van der Waals surface area contributed by atoms with Crippen molar-refractivity contribution in [3.05, 3.63) is 0 Å². The number of nitrogens with zero attached hydrogens (tertiary/aromatic N) is 3. The average Bonchev–Trinajstić information content (AvgIpc) is 3.43. The largest absolute Gasteiger partial charge is 0.466 e. The quantitative estimate of drug-likeness (QED) is 0.258. The number of ether oxygens (including phenoxy) is 1. The van der Waals surface area contributed by atoms with Gasteiger partial charge in [-0.3, -0.25) is 14.7 Å². The van der Waals surface area contributed by atoms with Crippen molar-refractivity contribution in [1.29, 1.82) is 0 Å². The van der Waals surface area contributed by atoms with Crippen LogP contribution in [0, 0.1) is 5.92 Å². The van der Waals surface area contributed by atoms with E-state index < -0.39 is 0 Å². The molecule has 1 saturated carbocycles. The maximum Gasteiger partial charge on any atom is 0.309 e. The Morgan fingerprint density at radius 2 is 1.88 bits per heavy atom. The van der Waals surface area contributed by atoms with Gasteiger partial charge in [0.2, 0.25) is 0 Å². The maximum absolute atomic E-state index is 11.9. The predicted octanol–water partition coefficient (Wildman–Crippen LogP) is 2.33. The molecule has 25 heavy (non-hydrogen) atoms. The van der Waals surface area contributed by atoms with Crippen LogP contribution in [0.5, 0.6) is 0 Å². The van der Waals surface area contributed by atoms with Gasteiger partial charge in [0.1, 0.15) is 0 Å². The van der Waals surface area contributed by atoms with Gasteiger partial charge in [-0.15, -0.1) is 24.0 Å². The van der Waals surface area contributed by atoms with Crippen LogP contribution in [-0.2, 0) is 9.53 Å². The molecule has 6 nitrogen and oxygen atoms in total. The van der Waals surface area contributed by atoms with E-state index in [2.05, 4.69) is 29.0 Å². The lowest BCUT2D eigenvalue weighted by molar-refractivity contribution is -0.149. The molecule has 1 saturated heterocycles. The predicted molar refractivity (Wildman–Crippen MR) is 113 cm³/mol. The van der Waals surface area contributed by atoms with Crippen LogP contribution in [0.3, 0.4) is 0 Å². The highest BCUT2D eigenvalue weighted by molar-refractivity contribution is 14.0. The summed E-state index contributed by atoms with van der Waals surface area (Å²) in [7, 11) is 0. The van der Waals surface area contributed by atoms with Gasteiger partial charge in [0, 0.05) is 32.2 Å². The Bertz CT molecular complexity index is 421. The topological polar surface area (TPSA) is 57.2 Å². The molecule has 146 valence electrons. The Hall–Kier alpha value is -0.570. The molecular formula is C18H35IN4O2. The van der Waals surface area contributed by atoms with E-state index in [4.69, 9.17) is 9.73 Å². The zero-order chi connectivity index (χ0) is 17.4. The SMILES string of the molecule is CCNC(=NCCN(CC)C1CC1)N1CCC(C(=O)OCC)CC1.I. The zero-order valence-electron chi connectivity index (χ0n) is 16.0. The molecule has 1 aliphatic carbocycles. The third kappa shape index (κ3) is 7.29. The summed E-state index contributed by atoms with van der Waals surface area (Å²) >= 11 is 0. The van der Waals surface area contributed by atoms with Gasteiger partial charge < -0.3 is 15.0 Å². The molecule has 2 fully saturated rings. The minimum absolute atomic E-state index is 0. The first kappa shape index (κ1) is 22.5. The zero-order valence-corrected chi connectivity index (χ0v) is 18.3. The summed E-state index contributed by atoms with van der Waals surface area (Å²) in [5.74, 6) is 1.00. The van der Waals surface area contributed by atoms with Crippen molar-refractivity contribution in [2.24, 2.45) is 10.9 Å². The number of halogens is 1. The van der Waals surface area contributed by atoms with E-state index >= 15 is 0 Å². The fraction of sp³-hybridized carbons (Fsp3) is 0.889. The summed E-state index contributed by atoms with van der Waals surface area (Å²) in [6.45, 7) is 12.3. The Morgan fingerprint density at radius 1 is 1.20 bits per heavy atom. The number of guanidine groups is 1. The van der Waals surface area contributed by atoms with Gasteiger partial charge in [0.05, 0.1) is 19.1 Å². The van der Waals surface area contributed by atoms with Crippen LogP contribution in [0.2, 0.25) is 0 Å². The normalized spacial score (nSPS) is 18.9. The van der Waals surface area contributed by atoms with E-state index in [0.717, 1.165) is 64.1 Å². The molecule has 0 amide bonds. The minimum Gasteiger partial charge on any atom is -0.466 e. The molecule has 0 unspecified atom stereocenters. The maximum atomic E-state index is 11.9. The Labute approximate surface area is 169 Å². The van der Waals surface area contributed by atoms with Crippen LogP contribution in [0.15, 0.2) is 4.99 Å². The number of aliphatic imine (C=N–C) groups is 1. The molecule has 0 aromatic heterocycles. The number of likely N-dealkylation sites (tertiary alicyclic amines) is 1. The first-order valence-corrected chi connectivity index (χ1v) is 9.63. The van der Waals surface area contributed by atoms with E-state index in [1.54, 1.807) is 0 Å². The second kappa shape index (κ2) is 11.9. The lowest BCUT2D eigenvalue weighted by Crippen LogP contribution is -2.47. The third-order valence-electron chi connectivity index (χ3n) is 4.87. The lowest BCUT2D eigenvalue weighted by Gasteiger charge is -2.33.